The van der Waals surface area contributed by atoms with Crippen molar-refractivity contribution in [2.75, 3.05) is 20.3 Å². The van der Waals surface area contributed by atoms with Gasteiger partial charge in [-0.1, -0.05) is 29.3 Å². The Morgan fingerprint density at radius 2 is 2.16 bits per heavy atom. The number of rotatable bonds is 7. The van der Waals surface area contributed by atoms with E-state index >= 15 is 0 Å². The summed E-state index contributed by atoms with van der Waals surface area (Å²) in [6.45, 7) is 3.31. The Balaban J connectivity index is 2.40. The molecule has 1 atom stereocenters. The minimum atomic E-state index is -0.302. The summed E-state index contributed by atoms with van der Waals surface area (Å²) < 4.78 is 4.86. The van der Waals surface area contributed by atoms with Crippen LogP contribution in [0.3, 0.4) is 0 Å². The molecule has 4 nitrogen and oxygen atoms in total. The summed E-state index contributed by atoms with van der Waals surface area (Å²) in [4.78, 5) is 11.7. The van der Waals surface area contributed by atoms with Gasteiger partial charge in [-0.25, -0.2) is 0 Å². The second kappa shape index (κ2) is 8.38. The summed E-state index contributed by atoms with van der Waals surface area (Å²) in [7, 11) is 1.59. The molecule has 106 valence electrons. The van der Waals surface area contributed by atoms with Crippen LogP contribution >= 0.6 is 23.2 Å². The third-order valence-electron chi connectivity index (χ3n) is 2.61. The van der Waals surface area contributed by atoms with E-state index in [2.05, 4.69) is 10.6 Å². The number of hydrogen-bond acceptors (Lipinski definition) is 3. The molecule has 6 heteroatoms. The number of carbonyl (C=O) groups excluding carboxylic acids is 1. The second-order valence-electron chi connectivity index (χ2n) is 4.12. The number of nitrogens with one attached hydrogen (secondary N) is 2. The Labute approximate surface area is 123 Å². The zero-order valence-electron chi connectivity index (χ0n) is 11.0. The van der Waals surface area contributed by atoms with E-state index in [0.717, 1.165) is 5.56 Å². The third-order valence-corrected chi connectivity index (χ3v) is 3.20. The summed E-state index contributed by atoms with van der Waals surface area (Å²) in [5.41, 5.74) is 0.905. The van der Waals surface area contributed by atoms with Crippen molar-refractivity contribution in [2.24, 2.45) is 0 Å². The van der Waals surface area contributed by atoms with Crippen LogP contribution in [0.2, 0.25) is 10.0 Å². The molecule has 1 aromatic rings. The van der Waals surface area contributed by atoms with E-state index in [9.17, 15) is 4.79 Å². The van der Waals surface area contributed by atoms with Gasteiger partial charge in [-0.05, 0) is 24.6 Å². The largest absolute Gasteiger partial charge is 0.383 e. The SMILES string of the molecule is COCCNC(=O)C(C)NCc1ccc(Cl)cc1Cl. The number of benzene rings is 1. The molecule has 0 saturated carbocycles. The quantitative estimate of drug-likeness (QED) is 0.760. The Morgan fingerprint density at radius 1 is 1.42 bits per heavy atom. The number of halogens is 2. The highest BCUT2D eigenvalue weighted by Crippen LogP contribution is 2.20. The van der Waals surface area contributed by atoms with E-state index in [1.165, 1.54) is 0 Å². The minimum Gasteiger partial charge on any atom is -0.383 e. The van der Waals surface area contributed by atoms with E-state index < -0.39 is 0 Å². The summed E-state index contributed by atoms with van der Waals surface area (Å²) in [5.74, 6) is -0.0675. The highest BCUT2D eigenvalue weighted by molar-refractivity contribution is 6.35. The van der Waals surface area contributed by atoms with Crippen molar-refractivity contribution in [3.05, 3.63) is 33.8 Å². The van der Waals surface area contributed by atoms with E-state index in [-0.39, 0.29) is 11.9 Å². The molecular weight excluding hydrogens is 287 g/mol. The van der Waals surface area contributed by atoms with Gasteiger partial charge in [0.2, 0.25) is 5.91 Å². The van der Waals surface area contributed by atoms with Gasteiger partial charge in [0.15, 0.2) is 0 Å². The zero-order valence-corrected chi connectivity index (χ0v) is 12.5. The van der Waals surface area contributed by atoms with Crippen molar-refractivity contribution in [1.29, 1.82) is 0 Å². The fourth-order valence-corrected chi connectivity index (χ4v) is 1.93. The molecule has 1 aromatic carbocycles. The van der Waals surface area contributed by atoms with Crippen molar-refractivity contribution in [2.45, 2.75) is 19.5 Å². The van der Waals surface area contributed by atoms with Gasteiger partial charge < -0.3 is 15.4 Å². The molecule has 0 heterocycles. The summed E-state index contributed by atoms with van der Waals surface area (Å²) in [6.07, 6.45) is 0. The van der Waals surface area contributed by atoms with Crippen LogP contribution in [0.5, 0.6) is 0 Å². The van der Waals surface area contributed by atoms with Crippen LogP contribution in [-0.2, 0) is 16.1 Å². The predicted octanol–water partition coefficient (Wildman–Crippen LogP) is 2.23. The number of amides is 1. The maximum Gasteiger partial charge on any atom is 0.236 e. The van der Waals surface area contributed by atoms with Crippen LogP contribution in [0.25, 0.3) is 0 Å². The maximum absolute atomic E-state index is 11.7. The molecule has 0 aliphatic heterocycles. The second-order valence-corrected chi connectivity index (χ2v) is 4.97. The lowest BCUT2D eigenvalue weighted by atomic mass is 10.2. The Hall–Kier alpha value is -0.810. The van der Waals surface area contributed by atoms with Crippen LogP contribution in [0.1, 0.15) is 12.5 Å². The molecule has 19 heavy (non-hydrogen) atoms. The molecule has 1 unspecified atom stereocenters. The van der Waals surface area contributed by atoms with Gasteiger partial charge in [-0.3, -0.25) is 4.79 Å². The molecule has 0 bridgehead atoms. The molecule has 0 aliphatic carbocycles. The lowest BCUT2D eigenvalue weighted by Crippen LogP contribution is -2.42. The highest BCUT2D eigenvalue weighted by Gasteiger charge is 2.12. The monoisotopic (exact) mass is 304 g/mol. The van der Waals surface area contributed by atoms with Crippen LogP contribution in [0.4, 0.5) is 0 Å². The first-order valence-corrected chi connectivity index (χ1v) is 6.74. The molecule has 2 N–H and O–H groups in total. The highest BCUT2D eigenvalue weighted by atomic mass is 35.5. The molecule has 1 amide bonds. The van der Waals surface area contributed by atoms with Gasteiger partial charge in [0.1, 0.15) is 0 Å². The molecular formula is C13H18Cl2N2O2. The van der Waals surface area contributed by atoms with Crippen molar-refractivity contribution < 1.29 is 9.53 Å². The molecule has 1 rings (SSSR count). The lowest BCUT2D eigenvalue weighted by Gasteiger charge is -2.14. The Morgan fingerprint density at radius 3 is 2.79 bits per heavy atom. The van der Waals surface area contributed by atoms with Gasteiger partial charge in [-0.2, -0.15) is 0 Å². The van der Waals surface area contributed by atoms with Crippen LogP contribution < -0.4 is 10.6 Å². The Bertz CT molecular complexity index is 427. The fourth-order valence-electron chi connectivity index (χ4n) is 1.45. The number of methoxy groups -OCH3 is 1. The smallest absolute Gasteiger partial charge is 0.236 e. The van der Waals surface area contributed by atoms with Crippen LogP contribution in [0, 0.1) is 0 Å². The molecule has 0 fully saturated rings. The van der Waals surface area contributed by atoms with Gasteiger partial charge in [0.05, 0.1) is 12.6 Å². The molecule has 0 radical (unpaired) electrons. The average Bonchev–Trinajstić information content (AvgIpc) is 2.37. The van der Waals surface area contributed by atoms with E-state index in [0.29, 0.717) is 29.7 Å². The van der Waals surface area contributed by atoms with Crippen molar-refractivity contribution in [3.8, 4) is 0 Å². The van der Waals surface area contributed by atoms with Crippen LogP contribution in [0.15, 0.2) is 18.2 Å². The minimum absolute atomic E-state index is 0.0675. The van der Waals surface area contributed by atoms with E-state index in [1.807, 2.05) is 6.07 Å². The third kappa shape index (κ3) is 5.78. The normalized spacial score (nSPS) is 12.2. The van der Waals surface area contributed by atoms with Gasteiger partial charge in [0, 0.05) is 30.2 Å². The molecule has 0 aliphatic rings. The van der Waals surface area contributed by atoms with E-state index in [1.54, 1.807) is 26.2 Å². The zero-order chi connectivity index (χ0) is 14.3. The first kappa shape index (κ1) is 16.2. The van der Waals surface area contributed by atoms with Crippen molar-refractivity contribution in [1.82, 2.24) is 10.6 Å². The van der Waals surface area contributed by atoms with Crippen LogP contribution in [-0.4, -0.2) is 32.2 Å². The predicted molar refractivity (Wildman–Crippen MR) is 77.6 cm³/mol. The summed E-state index contributed by atoms with van der Waals surface area (Å²) in [5, 5.41) is 7.05. The van der Waals surface area contributed by atoms with E-state index in [4.69, 9.17) is 27.9 Å². The number of carbonyl (C=O) groups is 1. The summed E-state index contributed by atoms with van der Waals surface area (Å²) >= 11 is 11.9. The Kier molecular flexibility index (Phi) is 7.16. The van der Waals surface area contributed by atoms with Crippen molar-refractivity contribution in [3.63, 3.8) is 0 Å². The molecule has 0 saturated heterocycles. The number of hydrogen-bond donors (Lipinski definition) is 2. The van der Waals surface area contributed by atoms with Crippen molar-refractivity contribution >= 4 is 29.1 Å². The molecule has 0 aromatic heterocycles. The first-order chi connectivity index (χ1) is 9.04. The average molecular weight is 305 g/mol. The standard InChI is InChI=1S/C13H18Cl2N2O2/c1-9(13(18)16-5-6-19-2)17-8-10-3-4-11(14)7-12(10)15/h3-4,7,9,17H,5-6,8H2,1-2H3,(H,16,18). The van der Waals surface area contributed by atoms with Gasteiger partial charge in [0.25, 0.3) is 0 Å². The lowest BCUT2D eigenvalue weighted by molar-refractivity contribution is -0.122. The fraction of sp³-hybridized carbons (Fsp3) is 0.462. The van der Waals surface area contributed by atoms with Gasteiger partial charge in [-0.15, -0.1) is 0 Å². The topological polar surface area (TPSA) is 50.4 Å². The van der Waals surface area contributed by atoms with Gasteiger partial charge >= 0.3 is 0 Å². The first-order valence-electron chi connectivity index (χ1n) is 5.98. The number of ether oxygens (including phenoxy) is 1. The summed E-state index contributed by atoms with van der Waals surface area (Å²) in [6, 6.07) is 4.99. The molecule has 0 spiro atoms. The maximum atomic E-state index is 11.7.